The van der Waals surface area contributed by atoms with E-state index in [2.05, 4.69) is 5.32 Å². The van der Waals surface area contributed by atoms with Crippen LogP contribution in [0, 0.1) is 5.82 Å². The van der Waals surface area contributed by atoms with Gasteiger partial charge < -0.3 is 15.0 Å². The summed E-state index contributed by atoms with van der Waals surface area (Å²) in [5.41, 5.74) is 1.67. The fraction of sp³-hybridized carbons (Fsp3) is 0.316. The number of nitrogens with zero attached hydrogens (tertiary/aromatic N) is 1. The average molecular weight is 328 g/mol. The van der Waals surface area contributed by atoms with E-state index in [1.165, 1.54) is 12.1 Å². The van der Waals surface area contributed by atoms with E-state index in [4.69, 9.17) is 4.74 Å². The number of anilines is 1. The molecule has 1 N–H and O–H groups in total. The number of nitrogens with one attached hydrogen (secondary N) is 1. The van der Waals surface area contributed by atoms with Gasteiger partial charge in [0.2, 0.25) is 0 Å². The number of halogens is 1. The second-order valence-corrected chi connectivity index (χ2v) is 5.81. The van der Waals surface area contributed by atoms with E-state index in [9.17, 15) is 9.18 Å². The molecule has 1 aliphatic heterocycles. The smallest absolute Gasteiger partial charge is 0.253 e. The molecule has 0 spiro atoms. The topological polar surface area (TPSA) is 41.6 Å². The molecule has 1 aliphatic rings. The maximum Gasteiger partial charge on any atom is 0.253 e. The van der Waals surface area contributed by atoms with E-state index in [1.54, 1.807) is 12.1 Å². The van der Waals surface area contributed by atoms with Crippen LogP contribution < -0.4 is 10.1 Å². The highest BCUT2D eigenvalue weighted by Crippen LogP contribution is 2.15. The summed E-state index contributed by atoms with van der Waals surface area (Å²) >= 11 is 0. The third-order valence-corrected chi connectivity index (χ3v) is 4.04. The van der Waals surface area contributed by atoms with Gasteiger partial charge in [-0.2, -0.15) is 0 Å². The van der Waals surface area contributed by atoms with Gasteiger partial charge in [-0.3, -0.25) is 4.79 Å². The first kappa shape index (κ1) is 16.3. The quantitative estimate of drug-likeness (QED) is 0.825. The van der Waals surface area contributed by atoms with Crippen molar-refractivity contribution in [2.75, 3.05) is 31.6 Å². The molecule has 1 saturated heterocycles. The Morgan fingerprint density at radius 3 is 2.38 bits per heavy atom. The van der Waals surface area contributed by atoms with Crippen LogP contribution in [0.25, 0.3) is 0 Å². The lowest BCUT2D eigenvalue weighted by atomic mass is 10.2. The molecular weight excluding hydrogens is 307 g/mol. The van der Waals surface area contributed by atoms with Gasteiger partial charge >= 0.3 is 0 Å². The third-order valence-electron chi connectivity index (χ3n) is 4.04. The normalized spacial score (nSPS) is 13.8. The van der Waals surface area contributed by atoms with Crippen LogP contribution in [0.4, 0.5) is 10.1 Å². The molecule has 3 rings (SSSR count). The monoisotopic (exact) mass is 328 g/mol. The molecule has 1 amide bonds. The SMILES string of the molecule is O=C(c1ccc(NCCOc2ccc(F)cc2)cc1)N1CCCC1. The Kier molecular flexibility index (Phi) is 5.31. The van der Waals surface area contributed by atoms with Crippen LogP contribution in [-0.4, -0.2) is 37.0 Å². The maximum absolute atomic E-state index is 12.8. The lowest BCUT2D eigenvalue weighted by Crippen LogP contribution is -2.27. The standard InChI is InChI=1S/C19H21FN2O2/c20-16-5-9-18(10-6-16)24-14-11-21-17-7-3-15(4-8-17)19(23)22-12-1-2-13-22/h3-10,21H,1-2,11-14H2. The van der Waals surface area contributed by atoms with Gasteiger partial charge in [-0.25, -0.2) is 4.39 Å². The summed E-state index contributed by atoms with van der Waals surface area (Å²) in [5, 5.41) is 3.24. The Morgan fingerprint density at radius 2 is 1.71 bits per heavy atom. The maximum atomic E-state index is 12.8. The fourth-order valence-electron chi connectivity index (χ4n) is 2.73. The Bertz CT molecular complexity index is 665. The number of rotatable bonds is 6. The molecule has 0 unspecified atom stereocenters. The molecule has 4 nitrogen and oxygen atoms in total. The number of amides is 1. The first-order valence-electron chi connectivity index (χ1n) is 8.24. The second-order valence-electron chi connectivity index (χ2n) is 5.81. The predicted octanol–water partition coefficient (Wildman–Crippen LogP) is 3.55. The zero-order valence-electron chi connectivity index (χ0n) is 13.5. The number of hydrogen-bond acceptors (Lipinski definition) is 3. The van der Waals surface area contributed by atoms with Crippen molar-refractivity contribution in [2.45, 2.75) is 12.8 Å². The minimum Gasteiger partial charge on any atom is -0.492 e. The summed E-state index contributed by atoms with van der Waals surface area (Å²) < 4.78 is 18.3. The molecule has 0 bridgehead atoms. The molecule has 0 atom stereocenters. The van der Waals surface area contributed by atoms with E-state index in [1.807, 2.05) is 29.2 Å². The number of likely N-dealkylation sites (tertiary alicyclic amines) is 1. The largest absolute Gasteiger partial charge is 0.492 e. The summed E-state index contributed by atoms with van der Waals surface area (Å²) in [4.78, 5) is 14.2. The Hall–Kier alpha value is -2.56. The van der Waals surface area contributed by atoms with Gasteiger partial charge in [0.25, 0.3) is 5.91 Å². The van der Waals surface area contributed by atoms with Gasteiger partial charge in [-0.05, 0) is 61.4 Å². The van der Waals surface area contributed by atoms with Crippen molar-refractivity contribution < 1.29 is 13.9 Å². The Morgan fingerprint density at radius 1 is 1.04 bits per heavy atom. The van der Waals surface area contributed by atoms with Crippen LogP contribution in [0.3, 0.4) is 0 Å². The van der Waals surface area contributed by atoms with Crippen molar-refractivity contribution in [3.8, 4) is 5.75 Å². The molecule has 1 fully saturated rings. The summed E-state index contributed by atoms with van der Waals surface area (Å²) in [6.45, 7) is 2.82. The minimum absolute atomic E-state index is 0.110. The van der Waals surface area contributed by atoms with Gasteiger partial charge in [-0.1, -0.05) is 0 Å². The van der Waals surface area contributed by atoms with Crippen molar-refractivity contribution in [1.29, 1.82) is 0 Å². The summed E-state index contributed by atoms with van der Waals surface area (Å²) in [6.07, 6.45) is 2.19. The van der Waals surface area contributed by atoms with Gasteiger partial charge in [0.1, 0.15) is 18.2 Å². The number of carbonyl (C=O) groups is 1. The molecule has 2 aromatic carbocycles. The fourth-order valence-corrected chi connectivity index (χ4v) is 2.73. The van der Waals surface area contributed by atoms with Crippen LogP contribution in [0.2, 0.25) is 0 Å². The minimum atomic E-state index is -0.274. The summed E-state index contributed by atoms with van der Waals surface area (Å²) in [6, 6.07) is 13.5. The molecule has 0 radical (unpaired) electrons. The van der Waals surface area contributed by atoms with E-state index >= 15 is 0 Å². The number of benzene rings is 2. The second kappa shape index (κ2) is 7.81. The van der Waals surface area contributed by atoms with Crippen LogP contribution in [0.15, 0.2) is 48.5 Å². The van der Waals surface area contributed by atoms with E-state index in [0.717, 1.165) is 37.2 Å². The number of ether oxygens (including phenoxy) is 1. The zero-order valence-corrected chi connectivity index (χ0v) is 13.5. The van der Waals surface area contributed by atoms with Gasteiger partial charge in [0.05, 0.1) is 0 Å². The first-order valence-corrected chi connectivity index (χ1v) is 8.24. The van der Waals surface area contributed by atoms with Gasteiger partial charge in [-0.15, -0.1) is 0 Å². The van der Waals surface area contributed by atoms with E-state index in [-0.39, 0.29) is 11.7 Å². The van der Waals surface area contributed by atoms with Crippen molar-refractivity contribution in [3.63, 3.8) is 0 Å². The molecule has 24 heavy (non-hydrogen) atoms. The summed E-state index contributed by atoms with van der Waals surface area (Å²) in [7, 11) is 0. The lowest BCUT2D eigenvalue weighted by Gasteiger charge is -2.15. The van der Waals surface area contributed by atoms with Crippen molar-refractivity contribution in [2.24, 2.45) is 0 Å². The Balaban J connectivity index is 1.44. The number of hydrogen-bond donors (Lipinski definition) is 1. The lowest BCUT2D eigenvalue weighted by molar-refractivity contribution is 0.0793. The zero-order chi connectivity index (χ0) is 16.8. The molecular formula is C19H21FN2O2. The van der Waals surface area contributed by atoms with Crippen molar-refractivity contribution in [3.05, 3.63) is 59.9 Å². The molecule has 1 heterocycles. The number of carbonyl (C=O) groups excluding carboxylic acids is 1. The first-order chi connectivity index (χ1) is 11.7. The predicted molar refractivity (Wildman–Crippen MR) is 92.0 cm³/mol. The molecule has 126 valence electrons. The highest BCUT2D eigenvalue weighted by Gasteiger charge is 2.18. The molecule has 0 saturated carbocycles. The van der Waals surface area contributed by atoms with Crippen LogP contribution in [0.1, 0.15) is 23.2 Å². The highest BCUT2D eigenvalue weighted by molar-refractivity contribution is 5.94. The highest BCUT2D eigenvalue weighted by atomic mass is 19.1. The van der Waals surface area contributed by atoms with Gasteiger partial charge in [0, 0.05) is 30.9 Å². The van der Waals surface area contributed by atoms with Gasteiger partial charge in [0.15, 0.2) is 0 Å². The van der Waals surface area contributed by atoms with Crippen LogP contribution >= 0.6 is 0 Å². The summed E-state index contributed by atoms with van der Waals surface area (Å²) in [5.74, 6) is 0.479. The van der Waals surface area contributed by atoms with Crippen molar-refractivity contribution >= 4 is 11.6 Å². The Labute approximate surface area is 141 Å². The van der Waals surface area contributed by atoms with E-state index in [0.29, 0.717) is 18.9 Å². The molecule has 2 aromatic rings. The average Bonchev–Trinajstić information content (AvgIpc) is 3.15. The van der Waals surface area contributed by atoms with Crippen LogP contribution in [-0.2, 0) is 0 Å². The third kappa shape index (κ3) is 4.25. The van der Waals surface area contributed by atoms with E-state index < -0.39 is 0 Å². The van der Waals surface area contributed by atoms with Crippen LogP contribution in [0.5, 0.6) is 5.75 Å². The molecule has 0 aliphatic carbocycles. The van der Waals surface area contributed by atoms with Crippen molar-refractivity contribution in [1.82, 2.24) is 4.90 Å². The molecule has 5 heteroatoms. The molecule has 0 aromatic heterocycles.